The lowest BCUT2D eigenvalue weighted by atomic mass is 10.1. The van der Waals surface area contributed by atoms with Crippen molar-refractivity contribution in [2.45, 2.75) is 19.6 Å². The topological polar surface area (TPSA) is 35.5 Å². The second-order valence-corrected chi connectivity index (χ2v) is 2.24. The predicted molar refractivity (Wildman–Crippen MR) is 30.7 cm³/mol. The Kier molecular flexibility index (Phi) is 1.71. The van der Waals surface area contributed by atoms with Gasteiger partial charge in [0.2, 0.25) is 6.29 Å². The minimum absolute atomic E-state index is 0.00921. The molecular formula is C6H10O3. The zero-order chi connectivity index (χ0) is 6.85. The molecule has 0 saturated carbocycles. The molecule has 1 aliphatic rings. The number of hydrogen-bond acceptors (Lipinski definition) is 3. The van der Waals surface area contributed by atoms with Gasteiger partial charge in [0.15, 0.2) is 0 Å². The molecule has 52 valence electrons. The van der Waals surface area contributed by atoms with Crippen LogP contribution in [0.25, 0.3) is 0 Å². The van der Waals surface area contributed by atoms with E-state index in [0.29, 0.717) is 6.42 Å². The number of carbonyl (C=O) groups is 1. The molecule has 0 aromatic rings. The van der Waals surface area contributed by atoms with Gasteiger partial charge >= 0.3 is 5.97 Å². The van der Waals surface area contributed by atoms with Gasteiger partial charge in [-0.15, -0.1) is 0 Å². The van der Waals surface area contributed by atoms with Gasteiger partial charge in [-0.05, 0) is 0 Å². The maximum absolute atomic E-state index is 10.6. The minimum Gasteiger partial charge on any atom is -0.436 e. The van der Waals surface area contributed by atoms with Gasteiger partial charge in [0.1, 0.15) is 0 Å². The van der Waals surface area contributed by atoms with Gasteiger partial charge in [-0.3, -0.25) is 4.79 Å². The van der Waals surface area contributed by atoms with Crippen LogP contribution < -0.4 is 0 Å². The van der Waals surface area contributed by atoms with Crippen LogP contribution in [0, 0.1) is 5.92 Å². The van der Waals surface area contributed by atoms with Crippen molar-refractivity contribution in [2.75, 3.05) is 7.11 Å². The summed E-state index contributed by atoms with van der Waals surface area (Å²) in [4.78, 5) is 10.6. The number of methoxy groups -OCH3 is 1. The lowest BCUT2D eigenvalue weighted by Crippen LogP contribution is -2.07. The van der Waals surface area contributed by atoms with Crippen LogP contribution in [0.4, 0.5) is 0 Å². The summed E-state index contributed by atoms with van der Waals surface area (Å²) in [6.45, 7) is 1.83. The van der Waals surface area contributed by atoms with E-state index < -0.39 is 0 Å². The molecule has 0 radical (unpaired) electrons. The smallest absolute Gasteiger partial charge is 0.311 e. The van der Waals surface area contributed by atoms with Crippen molar-refractivity contribution in [1.29, 1.82) is 0 Å². The Hall–Kier alpha value is -0.570. The first-order valence-corrected chi connectivity index (χ1v) is 2.97. The minimum atomic E-state index is -0.299. The molecule has 3 heteroatoms. The van der Waals surface area contributed by atoms with Gasteiger partial charge in [-0.25, -0.2) is 0 Å². The first-order valence-electron chi connectivity index (χ1n) is 2.97. The average molecular weight is 130 g/mol. The molecule has 0 spiro atoms. The fraction of sp³-hybridized carbons (Fsp3) is 0.833. The number of ether oxygens (including phenoxy) is 2. The number of rotatable bonds is 1. The zero-order valence-corrected chi connectivity index (χ0v) is 5.59. The molecule has 1 fully saturated rings. The molecule has 2 atom stereocenters. The Bertz CT molecular complexity index is 121. The summed E-state index contributed by atoms with van der Waals surface area (Å²) in [6.07, 6.45) is 0.391. The number of cyclic esters (lactones) is 1. The molecule has 9 heavy (non-hydrogen) atoms. The highest BCUT2D eigenvalue weighted by Gasteiger charge is 2.30. The van der Waals surface area contributed by atoms with Gasteiger partial charge in [0.25, 0.3) is 0 Å². The molecular weight excluding hydrogens is 120 g/mol. The highest BCUT2D eigenvalue weighted by atomic mass is 16.7. The van der Waals surface area contributed by atoms with Crippen LogP contribution in [-0.2, 0) is 14.3 Å². The Labute approximate surface area is 53.9 Å². The summed E-state index contributed by atoms with van der Waals surface area (Å²) in [6, 6.07) is 0. The SMILES string of the molecule is COC1CC(C)C(=O)O1. The maximum Gasteiger partial charge on any atom is 0.311 e. The van der Waals surface area contributed by atoms with E-state index in [9.17, 15) is 4.79 Å². The summed E-state index contributed by atoms with van der Waals surface area (Å²) >= 11 is 0. The third-order valence-corrected chi connectivity index (χ3v) is 1.46. The average Bonchev–Trinajstić information content (AvgIpc) is 2.13. The van der Waals surface area contributed by atoms with Crippen LogP contribution >= 0.6 is 0 Å². The van der Waals surface area contributed by atoms with Crippen LogP contribution in [0.3, 0.4) is 0 Å². The van der Waals surface area contributed by atoms with E-state index in [4.69, 9.17) is 9.47 Å². The van der Waals surface area contributed by atoms with E-state index in [1.807, 2.05) is 6.92 Å². The van der Waals surface area contributed by atoms with E-state index in [-0.39, 0.29) is 18.2 Å². The van der Waals surface area contributed by atoms with Gasteiger partial charge in [0.05, 0.1) is 5.92 Å². The molecule has 0 aliphatic carbocycles. The van der Waals surface area contributed by atoms with Crippen LogP contribution in [0.15, 0.2) is 0 Å². The Morgan fingerprint density at radius 2 is 2.44 bits per heavy atom. The highest BCUT2D eigenvalue weighted by Crippen LogP contribution is 2.19. The third-order valence-electron chi connectivity index (χ3n) is 1.46. The maximum atomic E-state index is 10.6. The number of carbonyl (C=O) groups excluding carboxylic acids is 1. The number of hydrogen-bond donors (Lipinski definition) is 0. The lowest BCUT2D eigenvalue weighted by molar-refractivity contribution is -0.159. The summed E-state index contributed by atoms with van der Waals surface area (Å²) in [5, 5.41) is 0. The van der Waals surface area contributed by atoms with Crippen molar-refractivity contribution in [3.05, 3.63) is 0 Å². The normalized spacial score (nSPS) is 34.7. The van der Waals surface area contributed by atoms with E-state index in [1.165, 1.54) is 7.11 Å². The van der Waals surface area contributed by atoms with Crippen molar-refractivity contribution in [3.63, 3.8) is 0 Å². The molecule has 0 bridgehead atoms. The van der Waals surface area contributed by atoms with Crippen molar-refractivity contribution in [1.82, 2.24) is 0 Å². The molecule has 0 N–H and O–H groups in total. The second-order valence-electron chi connectivity index (χ2n) is 2.24. The lowest BCUT2D eigenvalue weighted by Gasteiger charge is -2.03. The summed E-state index contributed by atoms with van der Waals surface area (Å²) in [7, 11) is 1.54. The van der Waals surface area contributed by atoms with Crippen LogP contribution in [0.5, 0.6) is 0 Å². The van der Waals surface area contributed by atoms with E-state index in [0.717, 1.165) is 0 Å². The fourth-order valence-corrected chi connectivity index (χ4v) is 0.823. The summed E-state index contributed by atoms with van der Waals surface area (Å²) in [5.74, 6) is -0.142. The monoisotopic (exact) mass is 130 g/mol. The Morgan fingerprint density at radius 1 is 1.78 bits per heavy atom. The van der Waals surface area contributed by atoms with Crippen LogP contribution in [0.2, 0.25) is 0 Å². The molecule has 3 nitrogen and oxygen atoms in total. The van der Waals surface area contributed by atoms with E-state index >= 15 is 0 Å². The molecule has 1 saturated heterocycles. The first kappa shape index (κ1) is 6.55. The van der Waals surface area contributed by atoms with Crippen LogP contribution in [-0.4, -0.2) is 19.4 Å². The van der Waals surface area contributed by atoms with Crippen molar-refractivity contribution >= 4 is 5.97 Å². The molecule has 0 amide bonds. The Morgan fingerprint density at radius 3 is 2.67 bits per heavy atom. The van der Waals surface area contributed by atoms with E-state index in [1.54, 1.807) is 0 Å². The van der Waals surface area contributed by atoms with Crippen molar-refractivity contribution in [2.24, 2.45) is 5.92 Å². The standard InChI is InChI=1S/C6H10O3/c1-4-3-5(8-2)9-6(4)7/h4-5H,3H2,1-2H3. The summed E-state index contributed by atoms with van der Waals surface area (Å²) < 4.78 is 9.57. The molecule has 0 aromatic heterocycles. The van der Waals surface area contributed by atoms with Crippen LogP contribution in [0.1, 0.15) is 13.3 Å². The summed E-state index contributed by atoms with van der Waals surface area (Å²) in [5.41, 5.74) is 0. The molecule has 0 aromatic carbocycles. The van der Waals surface area contributed by atoms with Gasteiger partial charge in [-0.1, -0.05) is 6.92 Å². The largest absolute Gasteiger partial charge is 0.436 e. The van der Waals surface area contributed by atoms with Gasteiger partial charge < -0.3 is 9.47 Å². The molecule has 2 unspecified atom stereocenters. The van der Waals surface area contributed by atoms with Crippen molar-refractivity contribution < 1.29 is 14.3 Å². The quantitative estimate of drug-likeness (QED) is 0.486. The van der Waals surface area contributed by atoms with Gasteiger partial charge in [0, 0.05) is 13.5 Å². The first-order chi connectivity index (χ1) is 4.24. The zero-order valence-electron chi connectivity index (χ0n) is 5.59. The third kappa shape index (κ3) is 1.21. The molecule has 1 rings (SSSR count). The second kappa shape index (κ2) is 2.35. The molecule has 1 aliphatic heterocycles. The van der Waals surface area contributed by atoms with Crippen molar-refractivity contribution in [3.8, 4) is 0 Å². The van der Waals surface area contributed by atoms with Gasteiger partial charge in [-0.2, -0.15) is 0 Å². The fourth-order valence-electron chi connectivity index (χ4n) is 0.823. The molecule has 1 heterocycles. The number of esters is 1. The Balaban J connectivity index is 2.44. The van der Waals surface area contributed by atoms with E-state index in [2.05, 4.69) is 0 Å². The highest BCUT2D eigenvalue weighted by molar-refractivity contribution is 5.73. The predicted octanol–water partition coefficient (Wildman–Crippen LogP) is 0.542.